The van der Waals surface area contributed by atoms with Gasteiger partial charge in [-0.3, -0.25) is 19.0 Å². The maximum atomic E-state index is 12.9. The van der Waals surface area contributed by atoms with E-state index in [1.807, 2.05) is 19.1 Å². The summed E-state index contributed by atoms with van der Waals surface area (Å²) in [4.78, 5) is 37.5. The van der Waals surface area contributed by atoms with Crippen LogP contribution in [0.1, 0.15) is 30.1 Å². The van der Waals surface area contributed by atoms with Crippen LogP contribution in [-0.4, -0.2) is 40.0 Å². The van der Waals surface area contributed by atoms with Crippen molar-refractivity contribution in [3.63, 3.8) is 0 Å². The Morgan fingerprint density at radius 2 is 1.91 bits per heavy atom. The molecular formula is C24H25FN6O2. The van der Waals surface area contributed by atoms with Crippen molar-refractivity contribution >= 4 is 29.1 Å². The lowest BCUT2D eigenvalue weighted by Gasteiger charge is -2.13. The Labute approximate surface area is 191 Å². The van der Waals surface area contributed by atoms with Crippen LogP contribution in [0.4, 0.5) is 21.7 Å². The summed E-state index contributed by atoms with van der Waals surface area (Å²) in [7, 11) is 0. The second-order valence-corrected chi connectivity index (χ2v) is 8.14. The van der Waals surface area contributed by atoms with E-state index < -0.39 is 6.67 Å². The van der Waals surface area contributed by atoms with E-state index in [-0.39, 0.29) is 23.7 Å². The molecule has 3 heterocycles. The van der Waals surface area contributed by atoms with Crippen molar-refractivity contribution in [3.8, 4) is 11.1 Å². The molecule has 3 N–H and O–H groups in total. The van der Waals surface area contributed by atoms with Crippen LogP contribution in [0.3, 0.4) is 0 Å². The van der Waals surface area contributed by atoms with Crippen molar-refractivity contribution in [3.05, 3.63) is 60.7 Å². The molecule has 1 atom stereocenters. The summed E-state index contributed by atoms with van der Waals surface area (Å²) in [5.41, 5.74) is 2.44. The van der Waals surface area contributed by atoms with Gasteiger partial charge in [0.2, 0.25) is 5.91 Å². The zero-order valence-electron chi connectivity index (χ0n) is 18.2. The van der Waals surface area contributed by atoms with Gasteiger partial charge in [-0.25, -0.2) is 9.97 Å². The molecule has 8 nitrogen and oxygen atoms in total. The molecule has 9 heteroatoms. The van der Waals surface area contributed by atoms with Gasteiger partial charge in [0, 0.05) is 53.7 Å². The highest BCUT2D eigenvalue weighted by atomic mass is 18.2. The molecule has 0 saturated heterocycles. The molecule has 4 rings (SSSR count). The van der Waals surface area contributed by atoms with Crippen LogP contribution in [-0.2, 0) is 4.79 Å². The average molecular weight is 448 g/mol. The number of pyridine rings is 3. The lowest BCUT2D eigenvalue weighted by atomic mass is 10.1. The Kier molecular flexibility index (Phi) is 6.87. The number of rotatable bonds is 9. The van der Waals surface area contributed by atoms with Crippen molar-refractivity contribution in [2.45, 2.75) is 19.8 Å². The molecule has 0 bridgehead atoms. The minimum atomic E-state index is -0.392. The van der Waals surface area contributed by atoms with Crippen molar-refractivity contribution < 1.29 is 14.0 Å². The summed E-state index contributed by atoms with van der Waals surface area (Å²) < 4.78 is 12.6. The van der Waals surface area contributed by atoms with E-state index in [1.54, 1.807) is 36.8 Å². The third kappa shape index (κ3) is 5.88. The van der Waals surface area contributed by atoms with Crippen LogP contribution >= 0.6 is 0 Å². The number of hydrogen-bond acceptors (Lipinski definition) is 6. The van der Waals surface area contributed by atoms with E-state index in [9.17, 15) is 14.0 Å². The van der Waals surface area contributed by atoms with Crippen LogP contribution < -0.4 is 16.0 Å². The molecule has 2 amide bonds. The first-order valence-electron chi connectivity index (χ1n) is 10.8. The first-order valence-corrected chi connectivity index (χ1v) is 10.8. The molecule has 1 aliphatic carbocycles. The van der Waals surface area contributed by atoms with Crippen molar-refractivity contribution in [2.75, 3.05) is 29.2 Å². The van der Waals surface area contributed by atoms with Crippen molar-refractivity contribution in [2.24, 2.45) is 11.8 Å². The molecule has 0 aromatic carbocycles. The maximum Gasteiger partial charge on any atom is 0.255 e. The molecule has 1 fully saturated rings. The smallest absolute Gasteiger partial charge is 0.255 e. The highest BCUT2D eigenvalue weighted by molar-refractivity contribution is 6.07. The van der Waals surface area contributed by atoms with E-state index in [0.717, 1.165) is 24.0 Å². The van der Waals surface area contributed by atoms with Gasteiger partial charge in [0.15, 0.2) is 0 Å². The average Bonchev–Trinajstić information content (AvgIpc) is 3.69. The largest absolute Gasteiger partial charge is 0.370 e. The number of hydrogen-bond donors (Lipinski definition) is 3. The van der Waals surface area contributed by atoms with Gasteiger partial charge in [0.1, 0.15) is 11.6 Å². The summed E-state index contributed by atoms with van der Waals surface area (Å²) in [5.74, 6) is 0.532. The quantitative estimate of drug-likeness (QED) is 0.455. The van der Waals surface area contributed by atoms with E-state index in [2.05, 4.69) is 30.9 Å². The monoisotopic (exact) mass is 447 g/mol. The summed E-state index contributed by atoms with van der Waals surface area (Å²) in [6.07, 6.45) is 8.15. The summed E-state index contributed by atoms with van der Waals surface area (Å²) in [6.45, 7) is 1.92. The second-order valence-electron chi connectivity index (χ2n) is 8.14. The van der Waals surface area contributed by atoms with Crippen LogP contribution in [0.25, 0.3) is 11.1 Å². The number of halogens is 1. The molecule has 1 saturated carbocycles. The van der Waals surface area contributed by atoms with Gasteiger partial charge in [-0.1, -0.05) is 6.92 Å². The summed E-state index contributed by atoms with van der Waals surface area (Å²) >= 11 is 0. The van der Waals surface area contributed by atoms with Gasteiger partial charge < -0.3 is 16.0 Å². The van der Waals surface area contributed by atoms with Crippen LogP contribution in [0.2, 0.25) is 0 Å². The fourth-order valence-corrected chi connectivity index (χ4v) is 3.15. The molecule has 0 aliphatic heterocycles. The normalized spacial score (nSPS) is 13.8. The molecule has 33 heavy (non-hydrogen) atoms. The zero-order chi connectivity index (χ0) is 23.2. The van der Waals surface area contributed by atoms with Gasteiger partial charge >= 0.3 is 0 Å². The Hall–Kier alpha value is -3.88. The van der Waals surface area contributed by atoms with Gasteiger partial charge in [0.25, 0.3) is 5.91 Å². The summed E-state index contributed by atoms with van der Waals surface area (Å²) in [5, 5.41) is 8.73. The maximum absolute atomic E-state index is 12.9. The lowest BCUT2D eigenvalue weighted by Crippen LogP contribution is -2.16. The van der Waals surface area contributed by atoms with E-state index in [4.69, 9.17) is 0 Å². The molecular weight excluding hydrogens is 422 g/mol. The van der Waals surface area contributed by atoms with Crippen molar-refractivity contribution in [1.82, 2.24) is 15.0 Å². The number of amides is 2. The predicted molar refractivity (Wildman–Crippen MR) is 125 cm³/mol. The highest BCUT2D eigenvalue weighted by Gasteiger charge is 2.29. The third-order valence-electron chi connectivity index (χ3n) is 5.26. The van der Waals surface area contributed by atoms with Gasteiger partial charge in [-0.05, 0) is 43.2 Å². The first-order chi connectivity index (χ1) is 16.0. The number of anilines is 3. The Balaban J connectivity index is 1.46. The topological polar surface area (TPSA) is 109 Å². The Morgan fingerprint density at radius 1 is 1.06 bits per heavy atom. The number of carbonyl (C=O) groups is 2. The Bertz CT molecular complexity index is 1130. The lowest BCUT2D eigenvalue weighted by molar-refractivity contribution is -0.117. The summed E-state index contributed by atoms with van der Waals surface area (Å²) in [6, 6.07) is 8.60. The molecule has 0 spiro atoms. The minimum Gasteiger partial charge on any atom is -0.370 e. The van der Waals surface area contributed by atoms with Crippen LogP contribution in [0.15, 0.2) is 55.1 Å². The number of nitrogens with one attached hydrogen (secondary N) is 3. The van der Waals surface area contributed by atoms with Gasteiger partial charge in [-0.15, -0.1) is 0 Å². The van der Waals surface area contributed by atoms with E-state index >= 15 is 0 Å². The SMILES string of the molecule is CC(C[18F])CNc1ccc(-c2ccncc2NC(=O)c2ccnc(NC(=O)C3CC3)c2)cn1. The van der Waals surface area contributed by atoms with Gasteiger partial charge in [-0.2, -0.15) is 0 Å². The molecule has 1 aliphatic rings. The first kappa shape index (κ1) is 22.3. The van der Waals surface area contributed by atoms with Gasteiger partial charge in [0.05, 0.1) is 18.6 Å². The highest BCUT2D eigenvalue weighted by Crippen LogP contribution is 2.30. The second kappa shape index (κ2) is 10.2. The van der Waals surface area contributed by atoms with E-state index in [1.165, 1.54) is 6.20 Å². The fraction of sp³-hybridized carbons (Fsp3) is 0.292. The number of nitrogens with zero attached hydrogens (tertiary/aromatic N) is 3. The number of carbonyl (C=O) groups excluding carboxylic acids is 2. The van der Waals surface area contributed by atoms with Crippen LogP contribution in [0, 0.1) is 11.8 Å². The zero-order valence-corrected chi connectivity index (χ0v) is 18.2. The predicted octanol–water partition coefficient (Wildman–Crippen LogP) is 4.16. The minimum absolute atomic E-state index is 0.0459. The standard InChI is InChI=1S/C24H25FN6O2/c1-15(11-25)12-28-21-5-4-18(13-29-21)19-7-8-26-14-20(19)30-24(33)17-6-9-27-22(10-17)31-23(32)16-2-3-16/h4-10,13-16H,2-3,11-12H2,1H3,(H,28,29)(H,30,33)(H,27,31,32)/i25-1. The third-order valence-corrected chi connectivity index (χ3v) is 5.26. The molecule has 3 aromatic heterocycles. The number of alkyl halides is 1. The molecule has 170 valence electrons. The molecule has 0 radical (unpaired) electrons. The molecule has 1 unspecified atom stereocenters. The van der Waals surface area contributed by atoms with Crippen LogP contribution in [0.5, 0.6) is 0 Å². The number of aromatic nitrogens is 3. The fourth-order valence-electron chi connectivity index (χ4n) is 3.15. The van der Waals surface area contributed by atoms with E-state index in [0.29, 0.717) is 29.4 Å². The van der Waals surface area contributed by atoms with Crippen molar-refractivity contribution in [1.29, 1.82) is 0 Å². The Morgan fingerprint density at radius 3 is 2.64 bits per heavy atom. The molecule has 3 aromatic rings.